The van der Waals surface area contributed by atoms with E-state index in [0.717, 1.165) is 16.2 Å². The zero-order chi connectivity index (χ0) is 17.5. The lowest BCUT2D eigenvalue weighted by Crippen LogP contribution is -2.31. The summed E-state index contributed by atoms with van der Waals surface area (Å²) in [5.41, 5.74) is 1.76. The Bertz CT molecular complexity index is 771. The van der Waals surface area contributed by atoms with Crippen molar-refractivity contribution in [3.8, 4) is 0 Å². The minimum Gasteiger partial charge on any atom is -0.343 e. The summed E-state index contributed by atoms with van der Waals surface area (Å²) in [6, 6.07) is 21.2. The fraction of sp³-hybridized carbons (Fsp3) is 0.100. The summed E-state index contributed by atoms with van der Waals surface area (Å²) >= 11 is 1.37. The molecule has 0 fully saturated rings. The highest BCUT2D eigenvalue weighted by Crippen LogP contribution is 2.22. The van der Waals surface area contributed by atoms with E-state index in [1.54, 1.807) is 18.3 Å². The SMILES string of the molecule is O=C(CSc1ccc(F)cc1)N[C@@H](c1ccccc1)c1ccccn1. The highest BCUT2D eigenvalue weighted by molar-refractivity contribution is 8.00. The van der Waals surface area contributed by atoms with Crippen molar-refractivity contribution < 1.29 is 9.18 Å². The van der Waals surface area contributed by atoms with E-state index in [1.807, 2.05) is 48.5 Å². The molecule has 25 heavy (non-hydrogen) atoms. The average molecular weight is 352 g/mol. The standard InChI is InChI=1S/C20H17FN2OS/c21-16-9-11-17(12-10-16)25-14-19(24)23-20(15-6-2-1-3-7-15)18-8-4-5-13-22-18/h1-13,20H,14H2,(H,23,24)/t20-/m0/s1. The van der Waals surface area contributed by atoms with Crippen LogP contribution in [0.3, 0.4) is 0 Å². The van der Waals surface area contributed by atoms with Gasteiger partial charge in [-0.3, -0.25) is 9.78 Å². The van der Waals surface area contributed by atoms with Crippen molar-refractivity contribution >= 4 is 17.7 Å². The lowest BCUT2D eigenvalue weighted by Gasteiger charge is -2.18. The third-order valence-corrected chi connectivity index (χ3v) is 4.62. The fourth-order valence-electron chi connectivity index (χ4n) is 2.40. The Balaban J connectivity index is 1.69. The third-order valence-electron chi connectivity index (χ3n) is 3.61. The van der Waals surface area contributed by atoms with E-state index in [1.165, 1.54) is 23.9 Å². The smallest absolute Gasteiger partial charge is 0.231 e. The van der Waals surface area contributed by atoms with Gasteiger partial charge >= 0.3 is 0 Å². The van der Waals surface area contributed by atoms with Gasteiger partial charge in [-0.05, 0) is 42.0 Å². The Labute approximate surface area is 150 Å². The number of hydrogen-bond donors (Lipinski definition) is 1. The van der Waals surface area contributed by atoms with Gasteiger partial charge in [0.2, 0.25) is 5.91 Å². The molecule has 0 unspecified atom stereocenters. The fourth-order valence-corrected chi connectivity index (χ4v) is 3.11. The van der Waals surface area contributed by atoms with E-state index in [2.05, 4.69) is 10.3 Å². The molecule has 1 aromatic heterocycles. The first-order chi connectivity index (χ1) is 12.2. The van der Waals surface area contributed by atoms with Crippen LogP contribution in [0.1, 0.15) is 17.3 Å². The molecule has 1 heterocycles. The minimum absolute atomic E-state index is 0.103. The van der Waals surface area contributed by atoms with Crippen molar-refractivity contribution in [1.29, 1.82) is 0 Å². The molecule has 1 N–H and O–H groups in total. The number of pyridine rings is 1. The van der Waals surface area contributed by atoms with E-state index < -0.39 is 0 Å². The van der Waals surface area contributed by atoms with Crippen LogP contribution in [0.2, 0.25) is 0 Å². The van der Waals surface area contributed by atoms with Crippen LogP contribution in [-0.2, 0) is 4.79 Å². The van der Waals surface area contributed by atoms with Crippen molar-refractivity contribution in [2.45, 2.75) is 10.9 Å². The first-order valence-corrected chi connectivity index (χ1v) is 8.84. The van der Waals surface area contributed by atoms with Crippen LogP contribution in [0.15, 0.2) is 83.9 Å². The van der Waals surface area contributed by atoms with E-state index >= 15 is 0 Å². The lowest BCUT2D eigenvalue weighted by molar-refractivity contribution is -0.119. The predicted octanol–water partition coefficient (Wildman–Crippen LogP) is 4.22. The molecule has 0 bridgehead atoms. The van der Waals surface area contributed by atoms with Crippen molar-refractivity contribution in [2.24, 2.45) is 0 Å². The maximum Gasteiger partial charge on any atom is 0.231 e. The first kappa shape index (κ1) is 17.2. The maximum atomic E-state index is 12.9. The summed E-state index contributed by atoms with van der Waals surface area (Å²) in [6.45, 7) is 0. The first-order valence-electron chi connectivity index (χ1n) is 7.86. The van der Waals surface area contributed by atoms with Crippen molar-refractivity contribution in [2.75, 3.05) is 5.75 Å². The molecular formula is C20H17FN2OS. The number of halogens is 1. The second-order valence-corrected chi connectivity index (χ2v) is 6.46. The van der Waals surface area contributed by atoms with Crippen molar-refractivity contribution in [3.63, 3.8) is 0 Å². The van der Waals surface area contributed by atoms with Crippen LogP contribution < -0.4 is 5.32 Å². The molecule has 1 atom stereocenters. The number of amides is 1. The van der Waals surface area contributed by atoms with E-state index in [4.69, 9.17) is 0 Å². The van der Waals surface area contributed by atoms with E-state index in [-0.39, 0.29) is 23.5 Å². The Morgan fingerprint density at radius 3 is 2.40 bits per heavy atom. The summed E-state index contributed by atoms with van der Waals surface area (Å²) in [6.07, 6.45) is 1.71. The zero-order valence-electron chi connectivity index (χ0n) is 13.4. The number of rotatable bonds is 6. The topological polar surface area (TPSA) is 42.0 Å². The third kappa shape index (κ3) is 4.90. The van der Waals surface area contributed by atoms with Crippen LogP contribution >= 0.6 is 11.8 Å². The molecule has 0 saturated heterocycles. The van der Waals surface area contributed by atoms with Gasteiger partial charge in [0.05, 0.1) is 17.5 Å². The number of thioether (sulfide) groups is 1. The van der Waals surface area contributed by atoms with Gasteiger partial charge < -0.3 is 5.32 Å². The van der Waals surface area contributed by atoms with Gasteiger partial charge in [0.1, 0.15) is 5.82 Å². The van der Waals surface area contributed by atoms with Crippen LogP contribution in [0.5, 0.6) is 0 Å². The largest absolute Gasteiger partial charge is 0.343 e. The quantitative estimate of drug-likeness (QED) is 0.676. The number of aromatic nitrogens is 1. The molecule has 3 aromatic rings. The summed E-state index contributed by atoms with van der Waals surface area (Å²) < 4.78 is 12.9. The molecule has 3 rings (SSSR count). The zero-order valence-corrected chi connectivity index (χ0v) is 14.2. The summed E-state index contributed by atoms with van der Waals surface area (Å²) in [5.74, 6) is -0.135. The molecule has 0 aliphatic heterocycles. The molecule has 0 spiro atoms. The van der Waals surface area contributed by atoms with Crippen LogP contribution in [-0.4, -0.2) is 16.6 Å². The number of benzene rings is 2. The van der Waals surface area contributed by atoms with Gasteiger partial charge in [0, 0.05) is 11.1 Å². The highest BCUT2D eigenvalue weighted by Gasteiger charge is 2.17. The molecule has 3 nitrogen and oxygen atoms in total. The molecule has 1 amide bonds. The van der Waals surface area contributed by atoms with Gasteiger partial charge in [0.15, 0.2) is 0 Å². The molecule has 2 aromatic carbocycles. The number of hydrogen-bond acceptors (Lipinski definition) is 3. The second-order valence-electron chi connectivity index (χ2n) is 5.41. The van der Waals surface area contributed by atoms with Gasteiger partial charge in [-0.15, -0.1) is 11.8 Å². The summed E-state index contributed by atoms with van der Waals surface area (Å²) in [5, 5.41) is 3.03. The van der Waals surface area contributed by atoms with Gasteiger partial charge in [-0.25, -0.2) is 4.39 Å². The van der Waals surface area contributed by atoms with Crippen LogP contribution in [0, 0.1) is 5.82 Å². The molecule has 126 valence electrons. The average Bonchev–Trinajstić information content (AvgIpc) is 2.67. The Morgan fingerprint density at radius 1 is 1.00 bits per heavy atom. The van der Waals surface area contributed by atoms with E-state index in [0.29, 0.717) is 0 Å². The Hall–Kier alpha value is -2.66. The minimum atomic E-state index is -0.302. The normalized spacial score (nSPS) is 11.7. The lowest BCUT2D eigenvalue weighted by atomic mass is 10.0. The van der Waals surface area contributed by atoms with Gasteiger partial charge in [0.25, 0.3) is 0 Å². The molecule has 5 heteroatoms. The highest BCUT2D eigenvalue weighted by atomic mass is 32.2. The van der Waals surface area contributed by atoms with Crippen LogP contribution in [0.4, 0.5) is 4.39 Å². The maximum absolute atomic E-state index is 12.9. The Kier molecular flexibility index (Phi) is 5.80. The summed E-state index contributed by atoms with van der Waals surface area (Å²) in [4.78, 5) is 17.6. The Morgan fingerprint density at radius 2 is 1.72 bits per heavy atom. The van der Waals surface area contributed by atoms with Crippen LogP contribution in [0.25, 0.3) is 0 Å². The number of nitrogens with one attached hydrogen (secondary N) is 1. The van der Waals surface area contributed by atoms with Crippen molar-refractivity contribution in [3.05, 3.63) is 96.1 Å². The number of nitrogens with zero attached hydrogens (tertiary/aromatic N) is 1. The number of carbonyl (C=O) groups excluding carboxylic acids is 1. The molecule has 0 saturated carbocycles. The van der Waals surface area contributed by atoms with Gasteiger partial charge in [-0.1, -0.05) is 36.4 Å². The molecule has 0 radical (unpaired) electrons. The number of carbonyl (C=O) groups is 1. The predicted molar refractivity (Wildman–Crippen MR) is 97.8 cm³/mol. The monoisotopic (exact) mass is 352 g/mol. The molecule has 0 aliphatic rings. The van der Waals surface area contributed by atoms with Gasteiger partial charge in [-0.2, -0.15) is 0 Å². The second kappa shape index (κ2) is 8.44. The molecular weight excluding hydrogens is 335 g/mol. The van der Waals surface area contributed by atoms with E-state index in [9.17, 15) is 9.18 Å². The molecule has 0 aliphatic carbocycles. The summed E-state index contributed by atoms with van der Waals surface area (Å²) in [7, 11) is 0. The van der Waals surface area contributed by atoms with Crippen molar-refractivity contribution in [1.82, 2.24) is 10.3 Å².